The van der Waals surface area contributed by atoms with Gasteiger partial charge >= 0.3 is 0 Å². The molecule has 1 aliphatic rings. The molecule has 29 heavy (non-hydrogen) atoms. The Hall–Kier alpha value is -1.71. The summed E-state index contributed by atoms with van der Waals surface area (Å²) in [6, 6.07) is 0.813. The highest BCUT2D eigenvalue weighted by atomic mass is 16.5. The molecule has 0 saturated heterocycles. The quantitative estimate of drug-likeness (QED) is 0.306. The Bertz CT molecular complexity index is 529. The molecule has 4 N–H and O–H groups in total. The first kappa shape index (κ1) is 23.6. The van der Waals surface area contributed by atoms with Gasteiger partial charge in [0, 0.05) is 25.2 Å². The van der Waals surface area contributed by atoms with Crippen molar-refractivity contribution in [2.24, 2.45) is 0 Å². The minimum Gasteiger partial charge on any atom is -0.378 e. The van der Waals surface area contributed by atoms with Crippen molar-refractivity contribution in [3.05, 3.63) is 0 Å². The summed E-state index contributed by atoms with van der Waals surface area (Å²) in [4.78, 5) is 13.7. The fraction of sp³-hybridized carbons (Fsp3) is 0.850. The van der Waals surface area contributed by atoms with E-state index >= 15 is 0 Å². The van der Waals surface area contributed by atoms with E-state index < -0.39 is 0 Å². The summed E-state index contributed by atoms with van der Waals surface area (Å²) in [5, 5.41) is 13.2. The van der Waals surface area contributed by atoms with Crippen molar-refractivity contribution < 1.29 is 9.47 Å². The molecular formula is C20H39N7O2. The molecule has 0 bridgehead atoms. The van der Waals surface area contributed by atoms with Crippen molar-refractivity contribution in [2.75, 3.05) is 62.5 Å². The normalized spacial score (nSPS) is 14.5. The van der Waals surface area contributed by atoms with Crippen molar-refractivity contribution >= 4 is 17.8 Å². The Morgan fingerprint density at radius 2 is 1.48 bits per heavy atom. The van der Waals surface area contributed by atoms with Crippen LogP contribution in [0.4, 0.5) is 17.8 Å². The Balaban J connectivity index is 1.82. The van der Waals surface area contributed by atoms with Crippen LogP contribution in [-0.4, -0.2) is 73.6 Å². The van der Waals surface area contributed by atoms with Crippen LogP contribution >= 0.6 is 0 Å². The van der Waals surface area contributed by atoms with Gasteiger partial charge in [-0.25, -0.2) is 0 Å². The second-order valence-corrected chi connectivity index (χ2v) is 7.34. The zero-order valence-electron chi connectivity index (χ0n) is 18.3. The molecule has 0 spiro atoms. The van der Waals surface area contributed by atoms with E-state index in [0.717, 1.165) is 19.4 Å². The largest absolute Gasteiger partial charge is 0.378 e. The molecule has 9 heteroatoms. The summed E-state index contributed by atoms with van der Waals surface area (Å²) in [5.74, 6) is 1.83. The van der Waals surface area contributed by atoms with E-state index in [1.54, 1.807) is 0 Å². The zero-order valence-corrected chi connectivity index (χ0v) is 18.3. The Morgan fingerprint density at radius 3 is 2.14 bits per heavy atom. The summed E-state index contributed by atoms with van der Waals surface area (Å²) in [7, 11) is 1.91. The molecule has 0 aliphatic heterocycles. The van der Waals surface area contributed by atoms with Gasteiger partial charge in [-0.2, -0.15) is 15.0 Å². The van der Waals surface area contributed by atoms with Gasteiger partial charge in [-0.3, -0.25) is 0 Å². The summed E-state index contributed by atoms with van der Waals surface area (Å²) in [5.41, 5.74) is 0. The molecule has 0 atom stereocenters. The third kappa shape index (κ3) is 9.56. The summed E-state index contributed by atoms with van der Waals surface area (Å²) >= 11 is 0. The van der Waals surface area contributed by atoms with Gasteiger partial charge in [-0.15, -0.1) is 0 Å². The second kappa shape index (κ2) is 14.3. The molecule has 0 unspecified atom stereocenters. The summed E-state index contributed by atoms with van der Waals surface area (Å²) < 4.78 is 11.0. The van der Waals surface area contributed by atoms with Crippen LogP contribution in [0.3, 0.4) is 0 Å². The van der Waals surface area contributed by atoms with Gasteiger partial charge in [-0.05, 0) is 32.7 Å². The van der Waals surface area contributed by atoms with Gasteiger partial charge in [-0.1, -0.05) is 26.7 Å². The molecule has 9 nitrogen and oxygen atoms in total. The minimum absolute atomic E-state index is 0.357. The fourth-order valence-electron chi connectivity index (χ4n) is 3.24. The molecule has 0 radical (unpaired) electrons. The number of aromatic nitrogens is 3. The molecule has 0 aromatic carbocycles. The van der Waals surface area contributed by atoms with Gasteiger partial charge in [0.1, 0.15) is 0 Å². The average Bonchev–Trinajstić information content (AvgIpc) is 3.23. The highest BCUT2D eigenvalue weighted by Gasteiger charge is 2.17. The van der Waals surface area contributed by atoms with E-state index in [0.29, 0.717) is 62.9 Å². The predicted octanol–water partition coefficient (Wildman–Crippen LogP) is 2.49. The molecule has 1 aromatic heterocycles. The van der Waals surface area contributed by atoms with Crippen LogP contribution in [0.2, 0.25) is 0 Å². The smallest absolute Gasteiger partial charge is 0.229 e. The first-order chi connectivity index (χ1) is 14.2. The maximum atomic E-state index is 5.59. The lowest BCUT2D eigenvalue weighted by molar-refractivity contribution is 0.0531. The van der Waals surface area contributed by atoms with Gasteiger partial charge in [0.2, 0.25) is 17.8 Å². The molecular weight excluding hydrogens is 370 g/mol. The average molecular weight is 410 g/mol. The zero-order chi connectivity index (χ0) is 20.7. The molecule has 1 heterocycles. The van der Waals surface area contributed by atoms with Crippen molar-refractivity contribution in [1.29, 1.82) is 0 Å². The van der Waals surface area contributed by atoms with Crippen molar-refractivity contribution in [3.8, 4) is 0 Å². The molecule has 0 amide bonds. The van der Waals surface area contributed by atoms with Crippen molar-refractivity contribution in [2.45, 2.75) is 64.5 Å². The van der Waals surface area contributed by atoms with Crippen LogP contribution in [-0.2, 0) is 9.47 Å². The monoisotopic (exact) mass is 409 g/mol. The predicted molar refractivity (Wildman–Crippen MR) is 118 cm³/mol. The van der Waals surface area contributed by atoms with E-state index in [4.69, 9.17) is 9.47 Å². The Morgan fingerprint density at radius 1 is 0.862 bits per heavy atom. The SMILES string of the molecule is CCC(CC)Nc1nc(NCCOCCOCCNC)nc(NC2CCCC2)n1. The topological polar surface area (TPSA) is 105 Å². The van der Waals surface area contributed by atoms with Gasteiger partial charge in [0.15, 0.2) is 0 Å². The van der Waals surface area contributed by atoms with E-state index in [-0.39, 0.29) is 0 Å². The first-order valence-electron chi connectivity index (χ1n) is 11.1. The third-order valence-corrected chi connectivity index (χ3v) is 5.04. The number of hydrogen-bond donors (Lipinski definition) is 4. The maximum absolute atomic E-state index is 5.59. The van der Waals surface area contributed by atoms with Crippen LogP contribution in [0.5, 0.6) is 0 Å². The molecule has 1 fully saturated rings. The lowest BCUT2D eigenvalue weighted by Crippen LogP contribution is -2.23. The van der Waals surface area contributed by atoms with Gasteiger partial charge in [0.25, 0.3) is 0 Å². The Kier molecular flexibility index (Phi) is 11.6. The number of likely N-dealkylation sites (N-methyl/N-ethyl adjacent to an activating group) is 1. The third-order valence-electron chi connectivity index (χ3n) is 5.04. The summed E-state index contributed by atoms with van der Waals surface area (Å²) in [6.45, 7) is 8.27. The lowest BCUT2D eigenvalue weighted by Gasteiger charge is -2.17. The number of ether oxygens (including phenoxy) is 2. The molecule has 166 valence electrons. The van der Waals surface area contributed by atoms with Gasteiger partial charge in [0.05, 0.1) is 26.4 Å². The van der Waals surface area contributed by atoms with Crippen LogP contribution in [0, 0.1) is 0 Å². The second-order valence-electron chi connectivity index (χ2n) is 7.34. The number of nitrogens with zero attached hydrogens (tertiary/aromatic N) is 3. The van der Waals surface area contributed by atoms with Crippen LogP contribution in [0.25, 0.3) is 0 Å². The maximum Gasteiger partial charge on any atom is 0.229 e. The van der Waals surface area contributed by atoms with Crippen molar-refractivity contribution in [1.82, 2.24) is 20.3 Å². The van der Waals surface area contributed by atoms with Crippen LogP contribution in [0.15, 0.2) is 0 Å². The van der Waals surface area contributed by atoms with Crippen LogP contribution < -0.4 is 21.3 Å². The van der Waals surface area contributed by atoms with E-state index in [9.17, 15) is 0 Å². The molecule has 1 aliphatic carbocycles. The van der Waals surface area contributed by atoms with E-state index in [2.05, 4.69) is 50.1 Å². The standard InChI is InChI=1S/C20H39N7O2/c1-4-16(5-2)23-19-25-18(22-11-13-29-15-14-28-12-10-21-3)26-20(27-19)24-17-8-6-7-9-17/h16-17,21H,4-15H2,1-3H3,(H3,22,23,24,25,26,27). The highest BCUT2D eigenvalue weighted by Crippen LogP contribution is 2.22. The number of rotatable bonds is 16. The number of anilines is 3. The highest BCUT2D eigenvalue weighted by molar-refractivity contribution is 5.43. The van der Waals surface area contributed by atoms with E-state index in [1.165, 1.54) is 25.7 Å². The molecule has 1 aromatic rings. The summed E-state index contributed by atoms with van der Waals surface area (Å²) in [6.07, 6.45) is 6.94. The van der Waals surface area contributed by atoms with Crippen LogP contribution in [0.1, 0.15) is 52.4 Å². The number of nitrogens with one attached hydrogen (secondary N) is 4. The molecule has 1 saturated carbocycles. The number of hydrogen-bond acceptors (Lipinski definition) is 9. The van der Waals surface area contributed by atoms with Crippen molar-refractivity contribution in [3.63, 3.8) is 0 Å². The van der Waals surface area contributed by atoms with E-state index in [1.807, 2.05) is 7.05 Å². The molecule has 2 rings (SSSR count). The van der Waals surface area contributed by atoms with Gasteiger partial charge < -0.3 is 30.7 Å². The minimum atomic E-state index is 0.357. The first-order valence-corrected chi connectivity index (χ1v) is 11.1. The fourth-order valence-corrected chi connectivity index (χ4v) is 3.24. The Labute approximate surface area is 175 Å². The lowest BCUT2D eigenvalue weighted by atomic mass is 10.2.